The summed E-state index contributed by atoms with van der Waals surface area (Å²) in [5.74, 6) is -1.17. The molecule has 0 radical (unpaired) electrons. The van der Waals surface area contributed by atoms with E-state index in [1.54, 1.807) is 6.20 Å². The van der Waals surface area contributed by atoms with Crippen molar-refractivity contribution in [3.8, 4) is 0 Å². The second-order valence-corrected chi connectivity index (χ2v) is 4.92. The van der Waals surface area contributed by atoms with Gasteiger partial charge >= 0.3 is 5.97 Å². The van der Waals surface area contributed by atoms with Gasteiger partial charge in [-0.25, -0.2) is 9.78 Å². The second kappa shape index (κ2) is 5.92. The molecule has 98 valence electrons. The third-order valence-corrected chi connectivity index (χ3v) is 3.61. The first-order valence-corrected chi connectivity index (χ1v) is 6.55. The molecule has 1 fully saturated rings. The highest BCUT2D eigenvalue weighted by atomic mass is 32.1. The van der Waals surface area contributed by atoms with Crippen molar-refractivity contribution in [2.75, 3.05) is 19.8 Å². The number of amides is 1. The van der Waals surface area contributed by atoms with Gasteiger partial charge in [0.1, 0.15) is 0 Å². The first-order chi connectivity index (χ1) is 8.68. The maximum absolute atomic E-state index is 12.0. The van der Waals surface area contributed by atoms with Gasteiger partial charge in [0.05, 0.1) is 18.2 Å². The van der Waals surface area contributed by atoms with E-state index < -0.39 is 12.0 Å². The predicted octanol–water partition coefficient (Wildman–Crippen LogP) is 0.388. The van der Waals surface area contributed by atoms with Crippen molar-refractivity contribution in [3.05, 3.63) is 16.6 Å². The monoisotopic (exact) mass is 270 g/mol. The lowest BCUT2D eigenvalue weighted by atomic mass is 10.2. The number of rotatable bonds is 4. The molecule has 6 nitrogen and oxygen atoms in total. The fourth-order valence-corrected chi connectivity index (χ4v) is 2.46. The number of ether oxygens (including phenoxy) is 1. The van der Waals surface area contributed by atoms with E-state index in [0.717, 1.165) is 5.01 Å². The highest BCUT2D eigenvalue weighted by Gasteiger charge is 2.32. The maximum Gasteiger partial charge on any atom is 0.328 e. The summed E-state index contributed by atoms with van der Waals surface area (Å²) < 4.78 is 5.09. The third kappa shape index (κ3) is 3.05. The molecule has 1 saturated heterocycles. The molecule has 1 aliphatic rings. The number of morpholine rings is 1. The second-order valence-electron chi connectivity index (χ2n) is 3.94. The first-order valence-electron chi connectivity index (χ1n) is 5.67. The molecule has 2 rings (SSSR count). The summed E-state index contributed by atoms with van der Waals surface area (Å²) in [5, 5.41) is 11.8. The van der Waals surface area contributed by atoms with E-state index in [-0.39, 0.29) is 18.9 Å². The summed E-state index contributed by atoms with van der Waals surface area (Å²) in [6.45, 7) is 0.804. The Labute approximate surface area is 108 Å². The molecule has 1 aromatic heterocycles. The summed E-state index contributed by atoms with van der Waals surface area (Å²) >= 11 is 1.50. The van der Waals surface area contributed by atoms with E-state index in [0.29, 0.717) is 19.6 Å². The number of hydrogen-bond acceptors (Lipinski definition) is 5. The zero-order valence-electron chi connectivity index (χ0n) is 9.74. The molecule has 0 saturated carbocycles. The molecule has 0 bridgehead atoms. The van der Waals surface area contributed by atoms with Crippen LogP contribution in [-0.4, -0.2) is 52.7 Å². The number of aryl methyl sites for hydroxylation is 1. The Balaban J connectivity index is 1.92. The summed E-state index contributed by atoms with van der Waals surface area (Å²) in [5.41, 5.74) is 0. The van der Waals surface area contributed by atoms with E-state index in [1.807, 2.05) is 5.38 Å². The van der Waals surface area contributed by atoms with Crippen LogP contribution in [0.2, 0.25) is 0 Å². The van der Waals surface area contributed by atoms with Crippen molar-refractivity contribution in [1.29, 1.82) is 0 Å². The van der Waals surface area contributed by atoms with Gasteiger partial charge in [0.2, 0.25) is 5.91 Å². The molecule has 1 aromatic rings. The summed E-state index contributed by atoms with van der Waals surface area (Å²) in [6.07, 6.45) is 2.54. The van der Waals surface area contributed by atoms with Crippen LogP contribution in [0.4, 0.5) is 0 Å². The van der Waals surface area contributed by atoms with Crippen molar-refractivity contribution >= 4 is 23.2 Å². The number of hydrogen-bond donors (Lipinski definition) is 1. The van der Waals surface area contributed by atoms with Crippen molar-refractivity contribution in [2.24, 2.45) is 0 Å². The molecule has 2 heterocycles. The van der Waals surface area contributed by atoms with Crippen molar-refractivity contribution < 1.29 is 19.4 Å². The fourth-order valence-electron chi connectivity index (χ4n) is 1.84. The zero-order valence-corrected chi connectivity index (χ0v) is 10.6. The minimum atomic E-state index is -1.02. The SMILES string of the molecule is O=C(O)C1COCCN1C(=O)CCc1nccs1. The van der Waals surface area contributed by atoms with Gasteiger partial charge in [0, 0.05) is 31.0 Å². The number of thiazole rings is 1. The van der Waals surface area contributed by atoms with E-state index in [4.69, 9.17) is 9.84 Å². The van der Waals surface area contributed by atoms with E-state index in [1.165, 1.54) is 16.2 Å². The van der Waals surface area contributed by atoms with Gasteiger partial charge in [-0.1, -0.05) is 0 Å². The molecule has 0 spiro atoms. The van der Waals surface area contributed by atoms with Gasteiger partial charge in [-0.3, -0.25) is 4.79 Å². The van der Waals surface area contributed by atoms with Crippen LogP contribution >= 0.6 is 11.3 Å². The number of aliphatic carboxylic acids is 1. The predicted molar refractivity (Wildman–Crippen MR) is 64.4 cm³/mol. The summed E-state index contributed by atoms with van der Waals surface area (Å²) in [6, 6.07) is -0.859. The molecular weight excluding hydrogens is 256 g/mol. The highest BCUT2D eigenvalue weighted by molar-refractivity contribution is 7.09. The summed E-state index contributed by atoms with van der Waals surface area (Å²) in [7, 11) is 0. The number of carbonyl (C=O) groups excluding carboxylic acids is 1. The molecule has 0 aromatic carbocycles. The van der Waals surface area contributed by atoms with Crippen molar-refractivity contribution in [1.82, 2.24) is 9.88 Å². The number of carbonyl (C=O) groups is 2. The van der Waals surface area contributed by atoms with Crippen molar-refractivity contribution in [3.63, 3.8) is 0 Å². The maximum atomic E-state index is 12.0. The van der Waals surface area contributed by atoms with Crippen LogP contribution in [0, 0.1) is 0 Å². The quantitative estimate of drug-likeness (QED) is 0.856. The average Bonchev–Trinajstić information content (AvgIpc) is 2.89. The molecule has 1 aliphatic heterocycles. The van der Waals surface area contributed by atoms with Crippen LogP contribution in [-0.2, 0) is 20.7 Å². The lowest BCUT2D eigenvalue weighted by molar-refractivity contribution is -0.158. The summed E-state index contributed by atoms with van der Waals surface area (Å²) in [4.78, 5) is 28.5. The number of nitrogens with zero attached hydrogens (tertiary/aromatic N) is 2. The normalized spacial score (nSPS) is 19.8. The Kier molecular flexibility index (Phi) is 4.27. The Morgan fingerprint density at radius 1 is 1.61 bits per heavy atom. The van der Waals surface area contributed by atoms with E-state index in [2.05, 4.69) is 4.98 Å². The minimum Gasteiger partial charge on any atom is -0.480 e. The zero-order chi connectivity index (χ0) is 13.0. The average molecular weight is 270 g/mol. The molecular formula is C11H14N2O4S. The van der Waals surface area contributed by atoms with Crippen molar-refractivity contribution in [2.45, 2.75) is 18.9 Å². The van der Waals surface area contributed by atoms with Crippen LogP contribution in [0.15, 0.2) is 11.6 Å². The van der Waals surface area contributed by atoms with Crippen LogP contribution in [0.3, 0.4) is 0 Å². The largest absolute Gasteiger partial charge is 0.480 e. The van der Waals surface area contributed by atoms with Gasteiger partial charge in [-0.05, 0) is 0 Å². The van der Waals surface area contributed by atoms with Crippen LogP contribution < -0.4 is 0 Å². The molecule has 1 amide bonds. The standard InChI is InChI=1S/C11H14N2O4S/c14-10(2-1-9-12-3-6-18-9)13-4-5-17-7-8(13)11(15)16/h3,6,8H,1-2,4-5,7H2,(H,15,16). The van der Waals surface area contributed by atoms with Crippen LogP contribution in [0.1, 0.15) is 11.4 Å². The Morgan fingerprint density at radius 2 is 2.44 bits per heavy atom. The highest BCUT2D eigenvalue weighted by Crippen LogP contribution is 2.12. The molecule has 18 heavy (non-hydrogen) atoms. The lowest BCUT2D eigenvalue weighted by Gasteiger charge is -2.32. The van der Waals surface area contributed by atoms with Gasteiger partial charge < -0.3 is 14.7 Å². The number of aromatic nitrogens is 1. The fraction of sp³-hybridized carbons (Fsp3) is 0.545. The molecule has 1 unspecified atom stereocenters. The Hall–Kier alpha value is -1.47. The van der Waals surface area contributed by atoms with E-state index >= 15 is 0 Å². The van der Waals surface area contributed by atoms with Gasteiger partial charge in [-0.2, -0.15) is 0 Å². The minimum absolute atomic E-state index is 0.0678. The molecule has 0 aliphatic carbocycles. The molecule has 7 heteroatoms. The Morgan fingerprint density at radius 3 is 3.11 bits per heavy atom. The third-order valence-electron chi connectivity index (χ3n) is 2.77. The van der Waals surface area contributed by atoms with Gasteiger partial charge in [0.25, 0.3) is 0 Å². The first kappa shape index (κ1) is 13.0. The van der Waals surface area contributed by atoms with Gasteiger partial charge in [-0.15, -0.1) is 11.3 Å². The number of carboxylic acids is 1. The topological polar surface area (TPSA) is 79.7 Å². The molecule has 1 atom stereocenters. The number of carboxylic acid groups (broad SMARTS) is 1. The van der Waals surface area contributed by atoms with Crippen LogP contribution in [0.5, 0.6) is 0 Å². The smallest absolute Gasteiger partial charge is 0.328 e. The van der Waals surface area contributed by atoms with Crippen LogP contribution in [0.25, 0.3) is 0 Å². The van der Waals surface area contributed by atoms with E-state index in [9.17, 15) is 9.59 Å². The molecule has 1 N–H and O–H groups in total. The lowest BCUT2D eigenvalue weighted by Crippen LogP contribution is -2.52. The van der Waals surface area contributed by atoms with Gasteiger partial charge in [0.15, 0.2) is 6.04 Å². The Bertz CT molecular complexity index is 421.